The predicted octanol–water partition coefficient (Wildman–Crippen LogP) is 3.08. The first kappa shape index (κ1) is 19.3. The maximum absolute atomic E-state index is 13.2. The van der Waals surface area contributed by atoms with Gasteiger partial charge in [-0.15, -0.1) is 0 Å². The van der Waals surface area contributed by atoms with Crippen molar-refractivity contribution in [1.29, 1.82) is 0 Å². The van der Waals surface area contributed by atoms with Crippen LogP contribution in [0.25, 0.3) is 0 Å². The number of pyridine rings is 1. The van der Waals surface area contributed by atoms with Gasteiger partial charge < -0.3 is 4.74 Å². The highest BCUT2D eigenvalue weighted by Crippen LogP contribution is 2.30. The molecule has 0 unspecified atom stereocenters. The molecule has 7 nitrogen and oxygen atoms in total. The molecule has 9 heteroatoms. The van der Waals surface area contributed by atoms with E-state index < -0.39 is 10.0 Å². The molecule has 0 N–H and O–H groups in total. The summed E-state index contributed by atoms with van der Waals surface area (Å²) < 4.78 is 36.2. The zero-order chi connectivity index (χ0) is 19.1. The van der Waals surface area contributed by atoms with E-state index in [9.17, 15) is 8.42 Å². The van der Waals surface area contributed by atoms with Gasteiger partial charge in [0.05, 0.1) is 22.4 Å². The van der Waals surface area contributed by atoms with Crippen LogP contribution in [0.2, 0.25) is 0 Å². The number of aromatic nitrogens is 3. The SMILES string of the molecule is Cc1nn(C(C)C)c(C)c1S(=O)(=O)N1CC[C@H](Oc2ncccc2Br)C1. The van der Waals surface area contributed by atoms with Gasteiger partial charge in [-0.25, -0.2) is 13.4 Å². The highest BCUT2D eigenvalue weighted by Gasteiger charge is 2.37. The molecule has 1 aliphatic rings. The Morgan fingerprint density at radius 2 is 2.08 bits per heavy atom. The molecule has 0 bridgehead atoms. The second kappa shape index (κ2) is 7.28. The molecular formula is C17H23BrN4O3S. The lowest BCUT2D eigenvalue weighted by molar-refractivity contribution is 0.205. The van der Waals surface area contributed by atoms with E-state index in [1.165, 1.54) is 4.31 Å². The van der Waals surface area contributed by atoms with Crippen LogP contribution in [-0.2, 0) is 10.0 Å². The third kappa shape index (κ3) is 3.52. The number of nitrogens with zero attached hydrogens (tertiary/aromatic N) is 4. The van der Waals surface area contributed by atoms with Crippen LogP contribution in [0.1, 0.15) is 37.7 Å². The van der Waals surface area contributed by atoms with Crippen molar-refractivity contribution in [2.75, 3.05) is 13.1 Å². The summed E-state index contributed by atoms with van der Waals surface area (Å²) in [5.74, 6) is 0.483. The second-order valence-electron chi connectivity index (χ2n) is 6.72. The average molecular weight is 443 g/mol. The first-order chi connectivity index (χ1) is 12.2. The zero-order valence-electron chi connectivity index (χ0n) is 15.3. The Hall–Kier alpha value is -1.45. The summed E-state index contributed by atoms with van der Waals surface area (Å²) in [5, 5.41) is 4.41. The van der Waals surface area contributed by atoms with E-state index in [0.29, 0.717) is 41.7 Å². The Morgan fingerprint density at radius 1 is 1.35 bits per heavy atom. The monoisotopic (exact) mass is 442 g/mol. The van der Waals surface area contributed by atoms with Gasteiger partial charge in [0, 0.05) is 18.8 Å². The lowest BCUT2D eigenvalue weighted by Crippen LogP contribution is -2.31. The maximum Gasteiger partial charge on any atom is 0.246 e. The number of hydrogen-bond donors (Lipinski definition) is 0. The minimum absolute atomic E-state index is 0.105. The topological polar surface area (TPSA) is 77.3 Å². The van der Waals surface area contributed by atoms with E-state index in [0.717, 1.165) is 4.47 Å². The smallest absolute Gasteiger partial charge is 0.246 e. The molecule has 1 aliphatic heterocycles. The van der Waals surface area contributed by atoms with Crippen molar-refractivity contribution in [2.45, 2.75) is 51.2 Å². The highest BCUT2D eigenvalue weighted by molar-refractivity contribution is 9.10. The molecular weight excluding hydrogens is 420 g/mol. The Morgan fingerprint density at radius 3 is 2.69 bits per heavy atom. The standard InChI is InChI=1S/C17H23BrN4O3S/c1-11(2)22-13(4)16(12(3)20-22)26(23,24)21-9-7-14(10-21)25-17-15(18)6-5-8-19-17/h5-6,8,11,14H,7,9-10H2,1-4H3/t14-/m0/s1. The molecule has 1 fully saturated rings. The summed E-state index contributed by atoms with van der Waals surface area (Å²) >= 11 is 3.40. The average Bonchev–Trinajstić information content (AvgIpc) is 3.15. The van der Waals surface area contributed by atoms with Crippen molar-refractivity contribution in [2.24, 2.45) is 0 Å². The van der Waals surface area contributed by atoms with Gasteiger partial charge in [0.25, 0.3) is 0 Å². The third-order valence-corrected chi connectivity index (χ3v) is 7.18. The van der Waals surface area contributed by atoms with E-state index in [1.807, 2.05) is 26.8 Å². The quantitative estimate of drug-likeness (QED) is 0.710. The van der Waals surface area contributed by atoms with Gasteiger partial charge >= 0.3 is 0 Å². The van der Waals surface area contributed by atoms with E-state index >= 15 is 0 Å². The number of hydrogen-bond acceptors (Lipinski definition) is 5. The fraction of sp³-hybridized carbons (Fsp3) is 0.529. The second-order valence-corrected chi connectivity index (χ2v) is 9.45. The van der Waals surface area contributed by atoms with Crippen LogP contribution in [0.15, 0.2) is 27.7 Å². The molecule has 0 saturated carbocycles. The Labute approximate surface area is 162 Å². The number of sulfonamides is 1. The minimum Gasteiger partial charge on any atom is -0.472 e. The lowest BCUT2D eigenvalue weighted by Gasteiger charge is -2.18. The fourth-order valence-electron chi connectivity index (χ4n) is 3.28. The first-order valence-corrected chi connectivity index (χ1v) is 10.8. The first-order valence-electron chi connectivity index (χ1n) is 8.55. The molecule has 2 aromatic heterocycles. The minimum atomic E-state index is -3.61. The Balaban J connectivity index is 1.81. The van der Waals surface area contributed by atoms with E-state index in [4.69, 9.17) is 4.74 Å². The molecule has 0 amide bonds. The molecule has 0 radical (unpaired) electrons. The number of rotatable bonds is 5. The molecule has 3 rings (SSSR count). The molecule has 3 heterocycles. The van der Waals surface area contributed by atoms with E-state index in [-0.39, 0.29) is 12.1 Å². The van der Waals surface area contributed by atoms with Crippen LogP contribution in [0, 0.1) is 13.8 Å². The van der Waals surface area contributed by atoms with Gasteiger partial charge in [-0.1, -0.05) is 0 Å². The number of aryl methyl sites for hydroxylation is 1. The summed E-state index contributed by atoms with van der Waals surface area (Å²) in [6.07, 6.45) is 2.05. The summed E-state index contributed by atoms with van der Waals surface area (Å²) in [4.78, 5) is 4.50. The van der Waals surface area contributed by atoms with Gasteiger partial charge in [0.2, 0.25) is 15.9 Å². The third-order valence-electron chi connectivity index (χ3n) is 4.46. The molecule has 1 saturated heterocycles. The molecule has 1 atom stereocenters. The Bertz CT molecular complexity index is 911. The zero-order valence-corrected chi connectivity index (χ0v) is 17.7. The summed E-state index contributed by atoms with van der Waals surface area (Å²) in [7, 11) is -3.61. The summed E-state index contributed by atoms with van der Waals surface area (Å²) in [6, 6.07) is 3.76. The molecule has 0 aromatic carbocycles. The Kier molecular flexibility index (Phi) is 5.41. The van der Waals surface area contributed by atoms with Crippen LogP contribution in [0.3, 0.4) is 0 Å². The van der Waals surface area contributed by atoms with Crippen molar-refractivity contribution in [3.63, 3.8) is 0 Å². The summed E-state index contributed by atoms with van der Waals surface area (Å²) in [6.45, 7) is 8.25. The fourth-order valence-corrected chi connectivity index (χ4v) is 5.48. The largest absolute Gasteiger partial charge is 0.472 e. The molecule has 0 spiro atoms. The van der Waals surface area contributed by atoms with Gasteiger partial charge in [-0.05, 0) is 62.2 Å². The van der Waals surface area contributed by atoms with Crippen LogP contribution in [0.5, 0.6) is 5.88 Å². The molecule has 26 heavy (non-hydrogen) atoms. The van der Waals surface area contributed by atoms with E-state index in [1.54, 1.807) is 23.9 Å². The van der Waals surface area contributed by atoms with Crippen LogP contribution >= 0.6 is 15.9 Å². The van der Waals surface area contributed by atoms with Crippen molar-refractivity contribution in [3.8, 4) is 5.88 Å². The van der Waals surface area contributed by atoms with E-state index in [2.05, 4.69) is 26.0 Å². The molecule has 2 aromatic rings. The van der Waals surface area contributed by atoms with Crippen LogP contribution in [-0.4, -0.2) is 46.7 Å². The highest BCUT2D eigenvalue weighted by atomic mass is 79.9. The van der Waals surface area contributed by atoms with Gasteiger partial charge in [-0.3, -0.25) is 4.68 Å². The van der Waals surface area contributed by atoms with Crippen LogP contribution < -0.4 is 4.74 Å². The maximum atomic E-state index is 13.2. The van der Waals surface area contributed by atoms with Gasteiger partial charge in [-0.2, -0.15) is 9.40 Å². The van der Waals surface area contributed by atoms with Crippen molar-refractivity contribution < 1.29 is 13.2 Å². The molecule has 0 aliphatic carbocycles. The molecule has 142 valence electrons. The van der Waals surface area contributed by atoms with Crippen LogP contribution in [0.4, 0.5) is 0 Å². The summed E-state index contributed by atoms with van der Waals surface area (Å²) in [5.41, 5.74) is 1.21. The number of ether oxygens (including phenoxy) is 1. The van der Waals surface area contributed by atoms with Crippen molar-refractivity contribution in [1.82, 2.24) is 19.1 Å². The number of halogens is 1. The lowest BCUT2D eigenvalue weighted by atomic mass is 10.3. The van der Waals surface area contributed by atoms with Crippen molar-refractivity contribution >= 4 is 26.0 Å². The predicted molar refractivity (Wildman–Crippen MR) is 102 cm³/mol. The van der Waals surface area contributed by atoms with Crippen molar-refractivity contribution in [3.05, 3.63) is 34.2 Å². The normalized spacial score (nSPS) is 18.6. The van der Waals surface area contributed by atoms with Gasteiger partial charge in [0.15, 0.2) is 0 Å². The van der Waals surface area contributed by atoms with Gasteiger partial charge in [0.1, 0.15) is 11.0 Å².